The van der Waals surface area contributed by atoms with Crippen molar-refractivity contribution in [1.29, 1.82) is 0 Å². The summed E-state index contributed by atoms with van der Waals surface area (Å²) >= 11 is 1.21. The lowest BCUT2D eigenvalue weighted by molar-refractivity contribution is -0.116. The maximum absolute atomic E-state index is 12.3. The molecule has 1 amide bonds. The van der Waals surface area contributed by atoms with Crippen LogP contribution in [0.2, 0.25) is 0 Å². The minimum Gasteiger partial charge on any atom is -0.326 e. The van der Waals surface area contributed by atoms with E-state index in [-0.39, 0.29) is 23.0 Å². The summed E-state index contributed by atoms with van der Waals surface area (Å²) in [6.45, 7) is 3.96. The lowest BCUT2D eigenvalue weighted by atomic mass is 10.1. The van der Waals surface area contributed by atoms with Crippen molar-refractivity contribution in [3.63, 3.8) is 0 Å². The van der Waals surface area contributed by atoms with Crippen LogP contribution in [0.1, 0.15) is 49.2 Å². The number of Topliss-reactive ketones (excluding diaryl/α,β-unsaturated/α-hetero) is 1. The third-order valence-corrected chi connectivity index (χ3v) is 4.46. The highest BCUT2D eigenvalue weighted by atomic mass is 32.2. The number of aryl methyl sites for hydroxylation is 1. The summed E-state index contributed by atoms with van der Waals surface area (Å²) in [6, 6.07) is 8.30. The Labute approximate surface area is 156 Å². The number of ketones is 1. The van der Waals surface area contributed by atoms with Gasteiger partial charge in [0.2, 0.25) is 5.91 Å². The molecule has 0 spiro atoms. The highest BCUT2D eigenvalue weighted by molar-refractivity contribution is 7.99. The van der Waals surface area contributed by atoms with Gasteiger partial charge in [0.15, 0.2) is 10.9 Å². The first-order chi connectivity index (χ1) is 12.5. The van der Waals surface area contributed by atoms with Gasteiger partial charge in [0.1, 0.15) is 0 Å². The number of aromatic amines is 1. The molecule has 26 heavy (non-hydrogen) atoms. The number of amides is 1. The van der Waals surface area contributed by atoms with Gasteiger partial charge in [0.05, 0.1) is 5.75 Å². The molecule has 0 unspecified atom stereocenters. The molecule has 0 radical (unpaired) electrons. The SMILES string of the molecule is CCCC(=O)Nc1ccc(C(=O)CSc2nc(CCC)cc(=O)[nH]2)cc1. The second-order valence-corrected chi connectivity index (χ2v) is 6.84. The third-order valence-electron chi connectivity index (χ3n) is 3.59. The van der Waals surface area contributed by atoms with E-state index < -0.39 is 0 Å². The molecule has 0 saturated heterocycles. The van der Waals surface area contributed by atoms with Crippen LogP contribution in [-0.4, -0.2) is 27.4 Å². The fourth-order valence-electron chi connectivity index (χ4n) is 2.34. The Kier molecular flexibility index (Phi) is 7.59. The molecule has 2 N–H and O–H groups in total. The number of hydrogen-bond acceptors (Lipinski definition) is 5. The monoisotopic (exact) mass is 373 g/mol. The van der Waals surface area contributed by atoms with Crippen LogP contribution < -0.4 is 10.9 Å². The van der Waals surface area contributed by atoms with Crippen LogP contribution in [0, 0.1) is 0 Å². The molecule has 0 fully saturated rings. The zero-order valence-corrected chi connectivity index (χ0v) is 15.8. The first kappa shape index (κ1) is 19.9. The molecular formula is C19H23N3O3S. The maximum atomic E-state index is 12.3. The molecule has 1 aromatic carbocycles. The van der Waals surface area contributed by atoms with Gasteiger partial charge in [-0.3, -0.25) is 14.4 Å². The molecule has 0 aliphatic rings. The fraction of sp³-hybridized carbons (Fsp3) is 0.368. The molecule has 2 aromatic rings. The summed E-state index contributed by atoms with van der Waals surface area (Å²) in [5.74, 6) is 0.0779. The molecule has 1 heterocycles. The third kappa shape index (κ3) is 6.15. The Morgan fingerprint density at radius 1 is 1.15 bits per heavy atom. The quantitative estimate of drug-likeness (QED) is 0.399. The van der Waals surface area contributed by atoms with Crippen molar-refractivity contribution < 1.29 is 9.59 Å². The van der Waals surface area contributed by atoms with E-state index in [0.29, 0.717) is 22.8 Å². The Hall–Kier alpha value is -2.41. The van der Waals surface area contributed by atoms with Gasteiger partial charge in [-0.1, -0.05) is 32.0 Å². The van der Waals surface area contributed by atoms with Crippen LogP contribution in [-0.2, 0) is 11.2 Å². The number of H-pyrrole nitrogens is 1. The van der Waals surface area contributed by atoms with E-state index in [4.69, 9.17) is 0 Å². The summed E-state index contributed by atoms with van der Waals surface area (Å²) in [6.07, 6.45) is 2.89. The summed E-state index contributed by atoms with van der Waals surface area (Å²) in [5, 5.41) is 3.24. The van der Waals surface area contributed by atoms with Crippen LogP contribution in [0.4, 0.5) is 5.69 Å². The predicted octanol–water partition coefficient (Wildman–Crippen LogP) is 3.44. The first-order valence-electron chi connectivity index (χ1n) is 8.68. The Balaban J connectivity index is 1.95. The van der Waals surface area contributed by atoms with E-state index in [1.807, 2.05) is 13.8 Å². The number of nitrogens with zero attached hydrogens (tertiary/aromatic N) is 1. The van der Waals surface area contributed by atoms with E-state index in [2.05, 4.69) is 15.3 Å². The first-order valence-corrected chi connectivity index (χ1v) is 9.66. The second-order valence-electron chi connectivity index (χ2n) is 5.88. The Morgan fingerprint density at radius 3 is 2.54 bits per heavy atom. The highest BCUT2D eigenvalue weighted by Crippen LogP contribution is 2.16. The van der Waals surface area contributed by atoms with Gasteiger partial charge in [-0.25, -0.2) is 4.98 Å². The minimum atomic E-state index is -0.203. The molecule has 0 bridgehead atoms. The largest absolute Gasteiger partial charge is 0.326 e. The van der Waals surface area contributed by atoms with Crippen molar-refractivity contribution in [3.8, 4) is 0 Å². The summed E-state index contributed by atoms with van der Waals surface area (Å²) in [5.41, 5.74) is 1.76. The number of hydrogen-bond donors (Lipinski definition) is 2. The predicted molar refractivity (Wildman–Crippen MR) is 104 cm³/mol. The Bertz CT molecular complexity index is 816. The van der Waals surface area contributed by atoms with Gasteiger partial charge in [0.25, 0.3) is 5.56 Å². The number of benzene rings is 1. The van der Waals surface area contributed by atoms with Crippen molar-refractivity contribution in [2.75, 3.05) is 11.1 Å². The van der Waals surface area contributed by atoms with Gasteiger partial charge in [-0.2, -0.15) is 0 Å². The maximum Gasteiger partial charge on any atom is 0.251 e. The topological polar surface area (TPSA) is 91.9 Å². The van der Waals surface area contributed by atoms with E-state index in [0.717, 1.165) is 25.0 Å². The van der Waals surface area contributed by atoms with Gasteiger partial charge >= 0.3 is 0 Å². The van der Waals surface area contributed by atoms with Crippen LogP contribution >= 0.6 is 11.8 Å². The lowest BCUT2D eigenvalue weighted by Gasteiger charge is -2.06. The summed E-state index contributed by atoms with van der Waals surface area (Å²) in [4.78, 5) is 42.6. The molecule has 0 atom stereocenters. The van der Waals surface area contributed by atoms with E-state index >= 15 is 0 Å². The van der Waals surface area contributed by atoms with Crippen molar-refractivity contribution in [2.24, 2.45) is 0 Å². The molecule has 6 nitrogen and oxygen atoms in total. The molecule has 2 rings (SSSR count). The van der Waals surface area contributed by atoms with E-state index in [1.165, 1.54) is 17.8 Å². The van der Waals surface area contributed by atoms with Crippen molar-refractivity contribution in [2.45, 2.75) is 44.7 Å². The fourth-order valence-corrected chi connectivity index (χ4v) is 3.13. The normalized spacial score (nSPS) is 10.5. The molecular weight excluding hydrogens is 350 g/mol. The summed E-state index contributed by atoms with van der Waals surface area (Å²) < 4.78 is 0. The molecule has 0 saturated carbocycles. The van der Waals surface area contributed by atoms with Gasteiger partial charge < -0.3 is 10.3 Å². The summed E-state index contributed by atoms with van der Waals surface area (Å²) in [7, 11) is 0. The second kappa shape index (κ2) is 9.91. The molecule has 7 heteroatoms. The van der Waals surface area contributed by atoms with E-state index in [1.54, 1.807) is 24.3 Å². The number of anilines is 1. The van der Waals surface area contributed by atoms with Crippen LogP contribution in [0.15, 0.2) is 40.3 Å². The number of aromatic nitrogens is 2. The average molecular weight is 373 g/mol. The number of rotatable bonds is 9. The zero-order chi connectivity index (χ0) is 18.9. The van der Waals surface area contributed by atoms with E-state index in [9.17, 15) is 14.4 Å². The number of carbonyl (C=O) groups is 2. The zero-order valence-electron chi connectivity index (χ0n) is 15.0. The average Bonchev–Trinajstić information content (AvgIpc) is 2.60. The van der Waals surface area contributed by atoms with Gasteiger partial charge in [-0.05, 0) is 37.1 Å². The van der Waals surface area contributed by atoms with Gasteiger partial charge in [-0.15, -0.1) is 0 Å². The molecule has 138 valence electrons. The van der Waals surface area contributed by atoms with Gasteiger partial charge in [0, 0.05) is 29.4 Å². The number of carbonyl (C=O) groups excluding carboxylic acids is 2. The molecule has 0 aliphatic carbocycles. The van der Waals surface area contributed by atoms with Crippen molar-refractivity contribution >= 4 is 29.1 Å². The van der Waals surface area contributed by atoms with Crippen molar-refractivity contribution in [3.05, 3.63) is 51.9 Å². The lowest BCUT2D eigenvalue weighted by Crippen LogP contribution is -2.12. The Morgan fingerprint density at radius 2 is 1.88 bits per heavy atom. The highest BCUT2D eigenvalue weighted by Gasteiger charge is 2.09. The van der Waals surface area contributed by atoms with Crippen LogP contribution in [0.25, 0.3) is 0 Å². The van der Waals surface area contributed by atoms with Crippen LogP contribution in [0.5, 0.6) is 0 Å². The number of thioether (sulfide) groups is 1. The van der Waals surface area contributed by atoms with Crippen LogP contribution in [0.3, 0.4) is 0 Å². The molecule has 0 aliphatic heterocycles. The van der Waals surface area contributed by atoms with Crippen molar-refractivity contribution in [1.82, 2.24) is 9.97 Å². The standard InChI is InChI=1S/C19H23N3O3S/c1-3-5-15-11-18(25)22-19(21-15)26-12-16(23)13-7-9-14(10-8-13)20-17(24)6-4-2/h7-11H,3-6,12H2,1-2H3,(H,20,24)(H,21,22,25). The minimum absolute atomic E-state index is 0.0379. The smallest absolute Gasteiger partial charge is 0.251 e. The number of nitrogens with one attached hydrogen (secondary N) is 2. The molecule has 1 aromatic heterocycles.